The molecule has 0 atom stereocenters. The molecule has 2 aromatic rings. The second-order valence-corrected chi connectivity index (χ2v) is 4.46. The number of rotatable bonds is 6. The fourth-order valence-corrected chi connectivity index (χ4v) is 2.10. The normalized spacial score (nSPS) is 10.4. The number of fused-ring (bicyclic) bond motifs is 1. The van der Waals surface area contributed by atoms with Crippen molar-refractivity contribution in [3.05, 3.63) is 46.7 Å². The molecular weight excluding hydrogens is 272 g/mol. The Morgan fingerprint density at radius 1 is 1.52 bits per heavy atom. The standard InChI is InChI=1S/C15H16N2O4/c1-4-5-8-21-15-12(20-3)9-11(17(18)19)14-13(15)10(2)6-7-16-14/h4,6-7,9H,1,5,8H2,2-3H3. The molecule has 6 nitrogen and oxygen atoms in total. The van der Waals surface area contributed by atoms with Crippen LogP contribution in [0.4, 0.5) is 5.69 Å². The summed E-state index contributed by atoms with van der Waals surface area (Å²) in [6.45, 7) is 5.91. The van der Waals surface area contributed by atoms with Gasteiger partial charge in [0.15, 0.2) is 17.0 Å². The van der Waals surface area contributed by atoms with Crippen molar-refractivity contribution in [2.75, 3.05) is 13.7 Å². The van der Waals surface area contributed by atoms with Crippen LogP contribution in [0.25, 0.3) is 10.9 Å². The molecular formula is C15H16N2O4. The number of hydrogen-bond donors (Lipinski definition) is 0. The molecule has 0 aliphatic carbocycles. The number of nitrogens with zero attached hydrogens (tertiary/aromatic N) is 2. The van der Waals surface area contributed by atoms with Crippen LogP contribution in [0.3, 0.4) is 0 Å². The smallest absolute Gasteiger partial charge is 0.299 e. The van der Waals surface area contributed by atoms with E-state index in [9.17, 15) is 10.1 Å². The van der Waals surface area contributed by atoms with Gasteiger partial charge in [0, 0.05) is 6.20 Å². The predicted octanol–water partition coefficient (Wildman–Crippen LogP) is 3.41. The molecule has 6 heteroatoms. The van der Waals surface area contributed by atoms with Crippen molar-refractivity contribution in [2.24, 2.45) is 0 Å². The number of pyridine rings is 1. The lowest BCUT2D eigenvalue weighted by Gasteiger charge is -2.14. The van der Waals surface area contributed by atoms with Crippen LogP contribution in [0.1, 0.15) is 12.0 Å². The first-order chi connectivity index (χ1) is 10.1. The van der Waals surface area contributed by atoms with Crippen LogP contribution in [-0.4, -0.2) is 23.6 Å². The Morgan fingerprint density at radius 3 is 2.90 bits per heavy atom. The van der Waals surface area contributed by atoms with Crippen molar-refractivity contribution >= 4 is 16.6 Å². The number of ether oxygens (including phenoxy) is 2. The third-order valence-corrected chi connectivity index (χ3v) is 3.11. The molecule has 0 bridgehead atoms. The molecule has 21 heavy (non-hydrogen) atoms. The van der Waals surface area contributed by atoms with Gasteiger partial charge in [-0.1, -0.05) is 6.08 Å². The Morgan fingerprint density at radius 2 is 2.29 bits per heavy atom. The number of non-ortho nitro benzene ring substituents is 1. The van der Waals surface area contributed by atoms with Crippen LogP contribution in [0.15, 0.2) is 31.0 Å². The van der Waals surface area contributed by atoms with E-state index in [0.717, 1.165) is 5.56 Å². The molecule has 1 aromatic heterocycles. The number of methoxy groups -OCH3 is 1. The lowest BCUT2D eigenvalue weighted by Crippen LogP contribution is -2.02. The van der Waals surface area contributed by atoms with Crippen molar-refractivity contribution in [3.63, 3.8) is 0 Å². The Balaban J connectivity index is 2.72. The summed E-state index contributed by atoms with van der Waals surface area (Å²) in [4.78, 5) is 14.9. The zero-order chi connectivity index (χ0) is 15.4. The Labute approximate surface area is 122 Å². The zero-order valence-corrected chi connectivity index (χ0v) is 12.0. The number of hydrogen-bond acceptors (Lipinski definition) is 5. The van der Waals surface area contributed by atoms with Gasteiger partial charge >= 0.3 is 0 Å². The van der Waals surface area contributed by atoms with Crippen molar-refractivity contribution in [3.8, 4) is 11.5 Å². The summed E-state index contributed by atoms with van der Waals surface area (Å²) in [7, 11) is 1.46. The van der Waals surface area contributed by atoms with E-state index in [2.05, 4.69) is 11.6 Å². The second-order valence-electron chi connectivity index (χ2n) is 4.46. The highest BCUT2D eigenvalue weighted by Gasteiger charge is 2.23. The molecule has 0 saturated carbocycles. The highest BCUT2D eigenvalue weighted by Crippen LogP contribution is 2.41. The number of nitro groups is 1. The van der Waals surface area contributed by atoms with Crippen LogP contribution in [0.2, 0.25) is 0 Å². The molecule has 0 fully saturated rings. The molecule has 0 radical (unpaired) electrons. The molecule has 0 saturated heterocycles. The maximum absolute atomic E-state index is 11.2. The molecule has 0 spiro atoms. The summed E-state index contributed by atoms with van der Waals surface area (Å²) in [6.07, 6.45) is 3.96. The van der Waals surface area contributed by atoms with E-state index < -0.39 is 4.92 Å². The van der Waals surface area contributed by atoms with Crippen LogP contribution in [0, 0.1) is 17.0 Å². The first-order valence-electron chi connectivity index (χ1n) is 6.44. The van der Waals surface area contributed by atoms with Crippen LogP contribution in [-0.2, 0) is 0 Å². The van der Waals surface area contributed by atoms with Crippen LogP contribution in [0.5, 0.6) is 11.5 Å². The van der Waals surface area contributed by atoms with E-state index in [4.69, 9.17) is 9.47 Å². The lowest BCUT2D eigenvalue weighted by molar-refractivity contribution is -0.383. The monoisotopic (exact) mass is 288 g/mol. The van der Waals surface area contributed by atoms with Crippen molar-refractivity contribution < 1.29 is 14.4 Å². The quantitative estimate of drug-likeness (QED) is 0.352. The van der Waals surface area contributed by atoms with Gasteiger partial charge in [-0.25, -0.2) is 4.98 Å². The van der Waals surface area contributed by atoms with Gasteiger partial charge in [-0.3, -0.25) is 10.1 Å². The average Bonchev–Trinajstić information content (AvgIpc) is 2.47. The van der Waals surface area contributed by atoms with Crippen molar-refractivity contribution in [1.82, 2.24) is 4.98 Å². The molecule has 1 aromatic carbocycles. The van der Waals surface area contributed by atoms with Crippen LogP contribution < -0.4 is 9.47 Å². The summed E-state index contributed by atoms with van der Waals surface area (Å²) in [5.74, 6) is 0.805. The number of aromatic nitrogens is 1. The highest BCUT2D eigenvalue weighted by atomic mass is 16.6. The van der Waals surface area contributed by atoms with Gasteiger partial charge < -0.3 is 9.47 Å². The van der Waals surface area contributed by atoms with Gasteiger partial charge in [0.2, 0.25) is 0 Å². The minimum absolute atomic E-state index is 0.0957. The Bertz CT molecular complexity index is 698. The van der Waals surface area contributed by atoms with E-state index in [-0.39, 0.29) is 5.69 Å². The van der Waals surface area contributed by atoms with Crippen LogP contribution >= 0.6 is 0 Å². The van der Waals surface area contributed by atoms with E-state index in [1.807, 2.05) is 6.92 Å². The van der Waals surface area contributed by atoms with Gasteiger partial charge in [-0.15, -0.1) is 6.58 Å². The van der Waals surface area contributed by atoms with Gasteiger partial charge in [-0.2, -0.15) is 0 Å². The minimum Gasteiger partial charge on any atom is -0.493 e. The minimum atomic E-state index is -0.467. The summed E-state index contributed by atoms with van der Waals surface area (Å²) in [5.41, 5.74) is 1.05. The highest BCUT2D eigenvalue weighted by molar-refractivity contribution is 5.96. The summed E-state index contributed by atoms with van der Waals surface area (Å²) >= 11 is 0. The topological polar surface area (TPSA) is 74.5 Å². The zero-order valence-electron chi connectivity index (χ0n) is 12.0. The van der Waals surface area contributed by atoms with Gasteiger partial charge in [0.05, 0.1) is 30.1 Å². The van der Waals surface area contributed by atoms with Gasteiger partial charge in [0.25, 0.3) is 5.69 Å². The lowest BCUT2D eigenvalue weighted by atomic mass is 10.1. The van der Waals surface area contributed by atoms with E-state index in [0.29, 0.717) is 35.4 Å². The molecule has 0 amide bonds. The van der Waals surface area contributed by atoms with E-state index in [1.54, 1.807) is 18.3 Å². The molecule has 0 aliphatic rings. The Kier molecular flexibility index (Phi) is 4.37. The maximum atomic E-state index is 11.2. The first kappa shape index (κ1) is 14.8. The summed E-state index contributed by atoms with van der Waals surface area (Å²) in [6, 6.07) is 3.13. The molecule has 110 valence electrons. The van der Waals surface area contributed by atoms with Crippen molar-refractivity contribution in [2.45, 2.75) is 13.3 Å². The SMILES string of the molecule is C=CCCOc1c(OC)cc([N+](=O)[O-])c2nccc(C)c12. The van der Waals surface area contributed by atoms with E-state index >= 15 is 0 Å². The Hall–Kier alpha value is -2.63. The number of benzene rings is 1. The fraction of sp³-hybridized carbons (Fsp3) is 0.267. The first-order valence-corrected chi connectivity index (χ1v) is 6.44. The maximum Gasteiger partial charge on any atom is 0.299 e. The molecule has 0 N–H and O–H groups in total. The predicted molar refractivity (Wildman–Crippen MR) is 80.0 cm³/mol. The summed E-state index contributed by atoms with van der Waals surface area (Å²) in [5, 5.41) is 11.8. The van der Waals surface area contributed by atoms with Crippen molar-refractivity contribution in [1.29, 1.82) is 0 Å². The third kappa shape index (κ3) is 2.79. The van der Waals surface area contributed by atoms with Gasteiger partial charge in [0.1, 0.15) is 0 Å². The van der Waals surface area contributed by atoms with E-state index in [1.165, 1.54) is 13.2 Å². The molecule has 0 unspecified atom stereocenters. The number of aryl methyl sites for hydroxylation is 1. The largest absolute Gasteiger partial charge is 0.493 e. The number of nitro benzene ring substituents is 1. The average molecular weight is 288 g/mol. The summed E-state index contributed by atoms with van der Waals surface area (Å²) < 4.78 is 11.0. The fourth-order valence-electron chi connectivity index (χ4n) is 2.10. The van der Waals surface area contributed by atoms with Gasteiger partial charge in [-0.05, 0) is 25.0 Å². The molecule has 0 aliphatic heterocycles. The molecule has 2 rings (SSSR count). The molecule has 1 heterocycles. The second kappa shape index (κ2) is 6.21. The third-order valence-electron chi connectivity index (χ3n) is 3.11.